The summed E-state index contributed by atoms with van der Waals surface area (Å²) in [5, 5.41) is 3.08. The van der Waals surface area contributed by atoms with Crippen LogP contribution >= 0.6 is 11.6 Å². The van der Waals surface area contributed by atoms with Crippen molar-refractivity contribution >= 4 is 23.2 Å². The second kappa shape index (κ2) is 6.87. The van der Waals surface area contributed by atoms with Crippen molar-refractivity contribution in [1.82, 2.24) is 4.57 Å². The van der Waals surface area contributed by atoms with Gasteiger partial charge in [0, 0.05) is 35.9 Å². The zero-order valence-electron chi connectivity index (χ0n) is 11.7. The van der Waals surface area contributed by atoms with E-state index < -0.39 is 23.2 Å². The van der Waals surface area contributed by atoms with Crippen LogP contribution in [-0.4, -0.2) is 10.5 Å². The largest absolute Gasteiger partial charge is 0.417 e. The summed E-state index contributed by atoms with van der Waals surface area (Å²) < 4.78 is 38.7. The number of anilines is 1. The molecule has 0 aliphatic carbocycles. The van der Waals surface area contributed by atoms with Crippen LogP contribution in [0.4, 0.5) is 18.9 Å². The summed E-state index contributed by atoms with van der Waals surface area (Å²) in [6.45, 7) is -0.151. The summed E-state index contributed by atoms with van der Waals surface area (Å²) in [6.07, 6.45) is -3.97. The monoisotopic (exact) mass is 344 g/mol. The van der Waals surface area contributed by atoms with Crippen LogP contribution in [-0.2, 0) is 17.5 Å². The minimum absolute atomic E-state index is 0.135. The fourth-order valence-electron chi connectivity index (χ4n) is 1.85. The molecule has 1 aromatic heterocycles. The summed E-state index contributed by atoms with van der Waals surface area (Å²) in [5.41, 5.74) is -1.02. The van der Waals surface area contributed by atoms with Gasteiger partial charge in [0.25, 0.3) is 5.56 Å². The number of alkyl halides is 3. The van der Waals surface area contributed by atoms with Gasteiger partial charge in [-0.05, 0) is 30.3 Å². The number of aryl methyl sites for hydroxylation is 1. The van der Waals surface area contributed by atoms with Gasteiger partial charge in [0.05, 0.1) is 5.56 Å². The van der Waals surface area contributed by atoms with Crippen molar-refractivity contribution in [3.05, 3.63) is 63.5 Å². The molecule has 8 heteroatoms. The molecule has 122 valence electrons. The Balaban J connectivity index is 2.01. The first-order chi connectivity index (χ1) is 10.8. The first kappa shape index (κ1) is 17.1. The number of halogens is 4. The first-order valence-corrected chi connectivity index (χ1v) is 6.96. The van der Waals surface area contributed by atoms with Crippen LogP contribution in [0.1, 0.15) is 12.0 Å². The molecule has 0 fully saturated rings. The van der Waals surface area contributed by atoms with Crippen LogP contribution < -0.4 is 10.9 Å². The van der Waals surface area contributed by atoms with Crippen molar-refractivity contribution in [2.75, 3.05) is 5.32 Å². The Morgan fingerprint density at radius 2 is 1.78 bits per heavy atom. The van der Waals surface area contributed by atoms with Crippen molar-refractivity contribution < 1.29 is 18.0 Å². The number of benzene rings is 1. The predicted octanol–water partition coefficient (Wildman–Crippen LogP) is 3.55. The molecule has 1 N–H and O–H groups in total. The molecule has 0 atom stereocenters. The van der Waals surface area contributed by atoms with Gasteiger partial charge in [0.15, 0.2) is 0 Å². The number of nitrogens with one attached hydrogen (secondary N) is 1. The zero-order chi connectivity index (χ0) is 17.0. The van der Waals surface area contributed by atoms with Gasteiger partial charge in [-0.15, -0.1) is 0 Å². The number of nitrogens with zero attached hydrogens (tertiary/aromatic N) is 1. The standard InChI is InChI=1S/C15H12ClF3N2O2/c16-11-2-4-12(5-3-11)20-13(22)7-8-21-9-10(15(17,18)19)1-6-14(21)23/h1-6,9H,7-8H2,(H,20,22). The van der Waals surface area contributed by atoms with Gasteiger partial charge in [-0.25, -0.2) is 0 Å². The molecule has 0 radical (unpaired) electrons. The lowest BCUT2D eigenvalue weighted by molar-refractivity contribution is -0.138. The minimum Gasteiger partial charge on any atom is -0.326 e. The van der Waals surface area contributed by atoms with E-state index in [9.17, 15) is 22.8 Å². The second-order valence-electron chi connectivity index (χ2n) is 4.75. The number of aromatic nitrogens is 1. The lowest BCUT2D eigenvalue weighted by Crippen LogP contribution is -2.24. The molecular formula is C15H12ClF3N2O2. The third kappa shape index (κ3) is 4.85. The highest BCUT2D eigenvalue weighted by Gasteiger charge is 2.31. The smallest absolute Gasteiger partial charge is 0.326 e. The van der Waals surface area contributed by atoms with Crippen LogP contribution in [0.5, 0.6) is 0 Å². The lowest BCUT2D eigenvalue weighted by Gasteiger charge is -2.11. The van der Waals surface area contributed by atoms with Gasteiger partial charge in [0.2, 0.25) is 5.91 Å². The van der Waals surface area contributed by atoms with E-state index in [0.717, 1.165) is 10.6 Å². The summed E-state index contributed by atoms with van der Waals surface area (Å²) in [5.74, 6) is -0.420. The van der Waals surface area contributed by atoms with Gasteiger partial charge < -0.3 is 9.88 Å². The fraction of sp³-hybridized carbons (Fsp3) is 0.200. The van der Waals surface area contributed by atoms with Crippen molar-refractivity contribution in [1.29, 1.82) is 0 Å². The SMILES string of the molecule is O=C(CCn1cc(C(F)(F)F)ccc1=O)Nc1ccc(Cl)cc1. The molecule has 2 aromatic rings. The topological polar surface area (TPSA) is 51.1 Å². The van der Waals surface area contributed by atoms with Crippen molar-refractivity contribution in [2.45, 2.75) is 19.1 Å². The average Bonchev–Trinajstić information content (AvgIpc) is 2.47. The Morgan fingerprint density at radius 3 is 2.39 bits per heavy atom. The number of hydrogen-bond donors (Lipinski definition) is 1. The first-order valence-electron chi connectivity index (χ1n) is 6.59. The quantitative estimate of drug-likeness (QED) is 0.922. The van der Waals surface area contributed by atoms with E-state index in [-0.39, 0.29) is 13.0 Å². The molecule has 0 spiro atoms. The zero-order valence-corrected chi connectivity index (χ0v) is 12.5. The number of carbonyl (C=O) groups is 1. The van der Waals surface area contributed by atoms with Crippen LogP contribution in [0.15, 0.2) is 47.4 Å². The van der Waals surface area contributed by atoms with Crippen LogP contribution in [0.25, 0.3) is 0 Å². The van der Waals surface area contributed by atoms with Crippen molar-refractivity contribution in [3.63, 3.8) is 0 Å². The van der Waals surface area contributed by atoms with Gasteiger partial charge in [-0.3, -0.25) is 9.59 Å². The van der Waals surface area contributed by atoms with E-state index in [2.05, 4.69) is 5.32 Å². The average molecular weight is 345 g/mol. The maximum Gasteiger partial charge on any atom is 0.417 e. The Hall–Kier alpha value is -2.28. The molecule has 0 saturated carbocycles. The molecular weight excluding hydrogens is 333 g/mol. The summed E-state index contributed by atoms with van der Waals surface area (Å²) >= 11 is 5.72. The number of hydrogen-bond acceptors (Lipinski definition) is 2. The molecule has 2 rings (SSSR count). The van der Waals surface area contributed by atoms with Gasteiger partial charge in [0.1, 0.15) is 0 Å². The highest BCUT2D eigenvalue weighted by Crippen LogP contribution is 2.28. The molecule has 1 amide bonds. The van der Waals surface area contributed by atoms with E-state index >= 15 is 0 Å². The summed E-state index contributed by atoms with van der Waals surface area (Å²) in [7, 11) is 0. The van der Waals surface area contributed by atoms with Gasteiger partial charge in [-0.1, -0.05) is 11.6 Å². The Bertz CT molecular complexity index is 755. The van der Waals surface area contributed by atoms with Crippen molar-refractivity contribution in [2.24, 2.45) is 0 Å². The molecule has 0 saturated heterocycles. The van der Waals surface area contributed by atoms with E-state index in [1.807, 2.05) is 0 Å². The van der Waals surface area contributed by atoms with Gasteiger partial charge >= 0.3 is 6.18 Å². The van der Waals surface area contributed by atoms with Crippen LogP contribution in [0.2, 0.25) is 5.02 Å². The molecule has 0 aliphatic heterocycles. The Kier molecular flexibility index (Phi) is 5.10. The Morgan fingerprint density at radius 1 is 1.13 bits per heavy atom. The predicted molar refractivity (Wildman–Crippen MR) is 80.4 cm³/mol. The third-order valence-corrected chi connectivity index (χ3v) is 3.27. The van der Waals surface area contributed by atoms with E-state index in [1.165, 1.54) is 0 Å². The number of carbonyl (C=O) groups excluding carboxylic acids is 1. The van der Waals surface area contributed by atoms with E-state index in [1.54, 1.807) is 24.3 Å². The number of amides is 1. The second-order valence-corrected chi connectivity index (χ2v) is 5.19. The van der Waals surface area contributed by atoms with E-state index in [4.69, 9.17) is 11.6 Å². The highest BCUT2D eigenvalue weighted by atomic mass is 35.5. The van der Waals surface area contributed by atoms with E-state index in [0.29, 0.717) is 23.0 Å². The molecule has 23 heavy (non-hydrogen) atoms. The molecule has 0 bridgehead atoms. The molecule has 4 nitrogen and oxygen atoms in total. The minimum atomic E-state index is -4.54. The number of rotatable bonds is 4. The molecule has 1 heterocycles. The lowest BCUT2D eigenvalue weighted by atomic mass is 10.2. The van der Waals surface area contributed by atoms with Crippen LogP contribution in [0, 0.1) is 0 Å². The third-order valence-electron chi connectivity index (χ3n) is 3.02. The number of pyridine rings is 1. The summed E-state index contributed by atoms with van der Waals surface area (Å²) in [6, 6.07) is 7.92. The normalized spacial score (nSPS) is 11.3. The van der Waals surface area contributed by atoms with Crippen LogP contribution in [0.3, 0.4) is 0 Å². The van der Waals surface area contributed by atoms with Gasteiger partial charge in [-0.2, -0.15) is 13.2 Å². The summed E-state index contributed by atoms with van der Waals surface area (Å²) in [4.78, 5) is 23.3. The fourth-order valence-corrected chi connectivity index (χ4v) is 1.98. The maximum atomic E-state index is 12.6. The molecule has 0 aliphatic rings. The maximum absolute atomic E-state index is 12.6. The molecule has 1 aromatic carbocycles. The molecule has 0 unspecified atom stereocenters. The highest BCUT2D eigenvalue weighted by molar-refractivity contribution is 6.30. The van der Waals surface area contributed by atoms with Crippen molar-refractivity contribution in [3.8, 4) is 0 Å². The Labute approximate surface area is 134 Å².